The molecule has 4 atom stereocenters. The van der Waals surface area contributed by atoms with Crippen LogP contribution in [0, 0.1) is 11.8 Å². The highest BCUT2D eigenvalue weighted by molar-refractivity contribution is 7.14. The molecule has 0 spiro atoms. The first-order valence-electron chi connectivity index (χ1n) is 6.22. The van der Waals surface area contributed by atoms with Crippen molar-refractivity contribution in [3.8, 4) is 0 Å². The smallest absolute Gasteiger partial charge is 0.0931 e. The molecule has 2 aliphatic carbocycles. The number of hydrogen-bond acceptors (Lipinski definition) is 2. The SMILES string of the molecule is CC(NC1CC2CCC1C2)c1csc(Cl)c1. The normalized spacial score (nSPS) is 34.5. The largest absolute Gasteiger partial charge is 0.307 e. The summed E-state index contributed by atoms with van der Waals surface area (Å²) >= 11 is 7.61. The first-order chi connectivity index (χ1) is 7.72. The van der Waals surface area contributed by atoms with Crippen LogP contribution >= 0.6 is 22.9 Å². The molecule has 0 amide bonds. The first-order valence-corrected chi connectivity index (χ1v) is 7.48. The zero-order chi connectivity index (χ0) is 11.1. The van der Waals surface area contributed by atoms with E-state index in [-0.39, 0.29) is 0 Å². The molecule has 1 aromatic rings. The predicted octanol–water partition coefficient (Wildman–Crippen LogP) is 4.24. The van der Waals surface area contributed by atoms with Crippen LogP contribution in [0.25, 0.3) is 0 Å². The van der Waals surface area contributed by atoms with Crippen LogP contribution in [0.15, 0.2) is 11.4 Å². The Morgan fingerprint density at radius 3 is 2.88 bits per heavy atom. The summed E-state index contributed by atoms with van der Waals surface area (Å²) in [7, 11) is 0. The first kappa shape index (κ1) is 11.1. The third kappa shape index (κ3) is 2.03. The summed E-state index contributed by atoms with van der Waals surface area (Å²) in [6.45, 7) is 2.25. The maximum absolute atomic E-state index is 5.97. The van der Waals surface area contributed by atoms with Crippen LogP contribution in [0.3, 0.4) is 0 Å². The van der Waals surface area contributed by atoms with Gasteiger partial charge < -0.3 is 5.32 Å². The van der Waals surface area contributed by atoms with Gasteiger partial charge in [-0.25, -0.2) is 0 Å². The molecule has 1 N–H and O–H groups in total. The molecule has 2 fully saturated rings. The Morgan fingerprint density at radius 1 is 1.44 bits per heavy atom. The van der Waals surface area contributed by atoms with Crippen LogP contribution in [-0.2, 0) is 0 Å². The molecule has 1 nitrogen and oxygen atoms in total. The van der Waals surface area contributed by atoms with Crippen molar-refractivity contribution >= 4 is 22.9 Å². The highest BCUT2D eigenvalue weighted by atomic mass is 35.5. The lowest BCUT2D eigenvalue weighted by molar-refractivity contribution is 0.327. The minimum atomic E-state index is 0.452. The summed E-state index contributed by atoms with van der Waals surface area (Å²) in [6, 6.07) is 3.30. The van der Waals surface area contributed by atoms with Crippen molar-refractivity contribution in [2.24, 2.45) is 11.8 Å². The van der Waals surface area contributed by atoms with Crippen LogP contribution in [0.4, 0.5) is 0 Å². The fraction of sp³-hybridized carbons (Fsp3) is 0.692. The molecular weight excluding hydrogens is 238 g/mol. The molecule has 1 heterocycles. The molecular formula is C13H18ClNS. The minimum Gasteiger partial charge on any atom is -0.307 e. The number of fused-ring (bicyclic) bond motifs is 2. The van der Waals surface area contributed by atoms with Gasteiger partial charge in [-0.1, -0.05) is 18.0 Å². The number of halogens is 1. The third-order valence-electron chi connectivity index (χ3n) is 4.29. The zero-order valence-corrected chi connectivity index (χ0v) is 11.2. The summed E-state index contributed by atoms with van der Waals surface area (Å²) in [5.74, 6) is 1.96. The van der Waals surface area contributed by atoms with Gasteiger partial charge in [-0.05, 0) is 55.0 Å². The molecule has 16 heavy (non-hydrogen) atoms. The van der Waals surface area contributed by atoms with Gasteiger partial charge in [0.25, 0.3) is 0 Å². The Labute approximate surface area is 106 Å². The molecule has 88 valence electrons. The van der Waals surface area contributed by atoms with Crippen LogP contribution in [-0.4, -0.2) is 6.04 Å². The Balaban J connectivity index is 1.62. The monoisotopic (exact) mass is 255 g/mol. The van der Waals surface area contributed by atoms with Crippen LogP contribution in [0.2, 0.25) is 4.34 Å². The highest BCUT2D eigenvalue weighted by Crippen LogP contribution is 2.45. The molecule has 2 bridgehead atoms. The van der Waals surface area contributed by atoms with E-state index < -0.39 is 0 Å². The number of nitrogens with one attached hydrogen (secondary N) is 1. The topological polar surface area (TPSA) is 12.0 Å². The molecule has 3 rings (SSSR count). The number of rotatable bonds is 3. The summed E-state index contributed by atoms with van der Waals surface area (Å²) < 4.78 is 0.900. The lowest BCUT2D eigenvalue weighted by Crippen LogP contribution is -2.35. The van der Waals surface area contributed by atoms with E-state index in [1.807, 2.05) is 0 Å². The average molecular weight is 256 g/mol. The summed E-state index contributed by atoms with van der Waals surface area (Å²) in [4.78, 5) is 0. The van der Waals surface area contributed by atoms with Crippen molar-refractivity contribution in [1.82, 2.24) is 5.32 Å². The second-order valence-electron chi connectivity index (χ2n) is 5.35. The summed E-state index contributed by atoms with van der Waals surface area (Å²) in [5, 5.41) is 5.96. The molecule has 0 aliphatic heterocycles. The molecule has 1 aromatic heterocycles. The Hall–Kier alpha value is -0.0500. The van der Waals surface area contributed by atoms with E-state index in [9.17, 15) is 0 Å². The molecule has 0 saturated heterocycles. The van der Waals surface area contributed by atoms with Gasteiger partial charge >= 0.3 is 0 Å². The van der Waals surface area contributed by atoms with Gasteiger partial charge in [0.05, 0.1) is 4.34 Å². The second kappa shape index (κ2) is 4.32. The number of thiophene rings is 1. The van der Waals surface area contributed by atoms with E-state index in [2.05, 4.69) is 23.7 Å². The van der Waals surface area contributed by atoms with Gasteiger partial charge in [-0.2, -0.15) is 0 Å². The Bertz CT molecular complexity index is 376. The lowest BCUT2D eigenvalue weighted by atomic mass is 9.94. The van der Waals surface area contributed by atoms with Crippen molar-refractivity contribution in [1.29, 1.82) is 0 Å². The highest BCUT2D eigenvalue weighted by Gasteiger charge is 2.39. The maximum Gasteiger partial charge on any atom is 0.0931 e. The van der Waals surface area contributed by atoms with Crippen LogP contribution in [0.5, 0.6) is 0 Å². The third-order valence-corrected chi connectivity index (χ3v) is 5.40. The van der Waals surface area contributed by atoms with Crippen molar-refractivity contribution in [2.75, 3.05) is 0 Å². The van der Waals surface area contributed by atoms with Crippen LogP contribution < -0.4 is 5.32 Å². The maximum atomic E-state index is 5.97. The van der Waals surface area contributed by atoms with Gasteiger partial charge in [-0.15, -0.1) is 11.3 Å². The molecule has 0 aromatic carbocycles. The minimum absolute atomic E-state index is 0.452. The van der Waals surface area contributed by atoms with E-state index in [4.69, 9.17) is 11.6 Å². The van der Waals surface area contributed by atoms with E-state index in [0.717, 1.165) is 22.2 Å². The average Bonchev–Trinajstić information content (AvgIpc) is 2.92. The number of hydrogen-bond donors (Lipinski definition) is 1. The quantitative estimate of drug-likeness (QED) is 0.852. The molecule has 0 radical (unpaired) electrons. The van der Waals surface area contributed by atoms with E-state index in [1.165, 1.54) is 31.2 Å². The molecule has 2 saturated carbocycles. The zero-order valence-electron chi connectivity index (χ0n) is 9.58. The van der Waals surface area contributed by atoms with Crippen molar-refractivity contribution in [2.45, 2.75) is 44.7 Å². The van der Waals surface area contributed by atoms with E-state index in [0.29, 0.717) is 6.04 Å². The van der Waals surface area contributed by atoms with Gasteiger partial charge in [0.2, 0.25) is 0 Å². The predicted molar refractivity (Wildman–Crippen MR) is 70.1 cm³/mol. The standard InChI is InChI=1S/C13H18ClNS/c1-8(11-6-13(14)16-7-11)15-12-5-9-2-3-10(12)4-9/h6-10,12,15H,2-5H2,1H3. The summed E-state index contributed by atoms with van der Waals surface area (Å²) in [6.07, 6.45) is 5.78. The van der Waals surface area contributed by atoms with E-state index >= 15 is 0 Å². The van der Waals surface area contributed by atoms with Crippen LogP contribution in [0.1, 0.15) is 44.2 Å². The van der Waals surface area contributed by atoms with Crippen molar-refractivity contribution < 1.29 is 0 Å². The second-order valence-corrected chi connectivity index (χ2v) is 6.90. The Morgan fingerprint density at radius 2 is 2.31 bits per heavy atom. The van der Waals surface area contributed by atoms with Gasteiger partial charge in [0.1, 0.15) is 0 Å². The molecule has 4 unspecified atom stereocenters. The van der Waals surface area contributed by atoms with Crippen molar-refractivity contribution in [3.05, 3.63) is 21.3 Å². The van der Waals surface area contributed by atoms with E-state index in [1.54, 1.807) is 11.3 Å². The summed E-state index contributed by atoms with van der Waals surface area (Å²) in [5.41, 5.74) is 1.35. The fourth-order valence-electron chi connectivity index (χ4n) is 3.42. The fourth-order valence-corrected chi connectivity index (χ4v) is 4.40. The van der Waals surface area contributed by atoms with Crippen molar-refractivity contribution in [3.63, 3.8) is 0 Å². The Kier molecular flexibility index (Phi) is 2.99. The van der Waals surface area contributed by atoms with Gasteiger partial charge in [-0.3, -0.25) is 0 Å². The lowest BCUT2D eigenvalue weighted by Gasteiger charge is -2.26. The van der Waals surface area contributed by atoms with Gasteiger partial charge in [0.15, 0.2) is 0 Å². The van der Waals surface area contributed by atoms with Gasteiger partial charge in [0, 0.05) is 12.1 Å². The molecule has 2 aliphatic rings. The molecule has 3 heteroatoms.